The Morgan fingerprint density at radius 1 is 1.34 bits per heavy atom. The standard InChI is InChI=1S/C27H34N2O6/c1-4-33-26(30)22-13-17(9-11-29-12-10-28-16-29)24-21(34-22)15-20-19(25(24)32-3)14-23(35-20)27(2,31)18-7-5-6-8-18/h9-10,12-13,15,18,23,28,31H,4-8,11,14,16H2,1-3H3/b17-9+/t23-,27-/m0/s1. The molecule has 0 unspecified atom stereocenters. The summed E-state index contributed by atoms with van der Waals surface area (Å²) in [5.41, 5.74) is 1.57. The number of benzene rings is 1. The van der Waals surface area contributed by atoms with E-state index in [1.165, 1.54) is 0 Å². The van der Waals surface area contributed by atoms with Crippen LogP contribution in [-0.2, 0) is 16.0 Å². The molecule has 0 spiro atoms. The first kappa shape index (κ1) is 23.6. The molecule has 8 heteroatoms. The Morgan fingerprint density at radius 2 is 2.14 bits per heavy atom. The average Bonchev–Trinajstić information content (AvgIpc) is 3.62. The zero-order valence-electron chi connectivity index (χ0n) is 20.6. The van der Waals surface area contributed by atoms with Crippen LogP contribution in [0.1, 0.15) is 50.7 Å². The molecule has 1 aromatic carbocycles. The number of rotatable bonds is 7. The average molecular weight is 483 g/mol. The van der Waals surface area contributed by atoms with Gasteiger partial charge in [0.1, 0.15) is 29.0 Å². The fraction of sp³-hybridized carbons (Fsp3) is 0.519. The Labute approximate surface area is 206 Å². The highest BCUT2D eigenvalue weighted by Gasteiger charge is 2.46. The summed E-state index contributed by atoms with van der Waals surface area (Å²) in [5, 5.41) is 14.6. The van der Waals surface area contributed by atoms with Gasteiger partial charge in [-0.25, -0.2) is 4.79 Å². The maximum Gasteiger partial charge on any atom is 0.374 e. The van der Waals surface area contributed by atoms with E-state index in [9.17, 15) is 9.90 Å². The summed E-state index contributed by atoms with van der Waals surface area (Å²) in [4.78, 5) is 14.7. The summed E-state index contributed by atoms with van der Waals surface area (Å²) in [6, 6.07) is 1.81. The van der Waals surface area contributed by atoms with Crippen molar-refractivity contribution in [3.8, 4) is 17.2 Å². The van der Waals surface area contributed by atoms with Crippen molar-refractivity contribution >= 4 is 11.5 Å². The molecule has 0 bridgehead atoms. The van der Waals surface area contributed by atoms with Crippen LogP contribution >= 0.6 is 0 Å². The van der Waals surface area contributed by atoms with E-state index >= 15 is 0 Å². The van der Waals surface area contributed by atoms with Crippen LogP contribution in [0.5, 0.6) is 17.2 Å². The lowest BCUT2D eigenvalue weighted by molar-refractivity contribution is -0.141. The van der Waals surface area contributed by atoms with Crippen LogP contribution in [0.4, 0.5) is 0 Å². The van der Waals surface area contributed by atoms with Gasteiger partial charge in [-0.1, -0.05) is 18.9 Å². The van der Waals surface area contributed by atoms with E-state index in [2.05, 4.69) is 16.3 Å². The highest BCUT2D eigenvalue weighted by atomic mass is 16.6. The summed E-state index contributed by atoms with van der Waals surface area (Å²) < 4.78 is 23.5. The second kappa shape index (κ2) is 9.49. The topological polar surface area (TPSA) is 89.5 Å². The van der Waals surface area contributed by atoms with Gasteiger partial charge in [-0.05, 0) is 44.3 Å². The second-order valence-corrected chi connectivity index (χ2v) is 9.72. The minimum absolute atomic E-state index is 0.121. The minimum Gasteiger partial charge on any atom is -0.496 e. The Morgan fingerprint density at radius 3 is 2.83 bits per heavy atom. The molecule has 35 heavy (non-hydrogen) atoms. The number of ether oxygens (including phenoxy) is 4. The summed E-state index contributed by atoms with van der Waals surface area (Å²) >= 11 is 0. The monoisotopic (exact) mass is 482 g/mol. The Hall–Kier alpha value is -3.13. The zero-order valence-corrected chi connectivity index (χ0v) is 20.6. The first-order valence-corrected chi connectivity index (χ1v) is 12.5. The number of hydrogen-bond donors (Lipinski definition) is 2. The molecule has 5 rings (SSSR count). The minimum atomic E-state index is -0.940. The van der Waals surface area contributed by atoms with Gasteiger partial charge < -0.3 is 34.3 Å². The first-order chi connectivity index (χ1) is 16.9. The van der Waals surface area contributed by atoms with E-state index in [0.717, 1.165) is 42.4 Å². The normalized spacial score (nSPS) is 23.7. The van der Waals surface area contributed by atoms with Gasteiger partial charge in [0.25, 0.3) is 0 Å². The highest BCUT2D eigenvalue weighted by Crippen LogP contribution is 2.51. The Kier molecular flexibility index (Phi) is 6.40. The van der Waals surface area contributed by atoms with Gasteiger partial charge >= 0.3 is 5.97 Å². The van der Waals surface area contributed by atoms with E-state index in [0.29, 0.717) is 36.9 Å². The predicted octanol–water partition coefficient (Wildman–Crippen LogP) is 3.50. The van der Waals surface area contributed by atoms with Crippen molar-refractivity contribution in [2.75, 3.05) is 26.9 Å². The van der Waals surface area contributed by atoms with Crippen molar-refractivity contribution in [3.05, 3.63) is 47.5 Å². The number of carbonyl (C=O) groups excluding carboxylic acids is 1. The largest absolute Gasteiger partial charge is 0.496 e. The number of carbonyl (C=O) groups is 1. The lowest BCUT2D eigenvalue weighted by atomic mass is 9.81. The molecule has 0 saturated heterocycles. The molecule has 2 atom stereocenters. The molecule has 3 heterocycles. The van der Waals surface area contributed by atoms with E-state index < -0.39 is 11.6 Å². The molecule has 1 aromatic rings. The maximum absolute atomic E-state index is 12.6. The smallest absolute Gasteiger partial charge is 0.374 e. The highest BCUT2D eigenvalue weighted by molar-refractivity contribution is 5.95. The third-order valence-corrected chi connectivity index (χ3v) is 7.52. The van der Waals surface area contributed by atoms with Gasteiger partial charge in [0.05, 0.1) is 25.9 Å². The molecular weight excluding hydrogens is 448 g/mol. The van der Waals surface area contributed by atoms with Crippen molar-refractivity contribution in [3.63, 3.8) is 0 Å². The molecule has 1 fully saturated rings. The Balaban J connectivity index is 1.52. The van der Waals surface area contributed by atoms with E-state index in [1.54, 1.807) is 20.1 Å². The van der Waals surface area contributed by atoms with Crippen molar-refractivity contribution in [1.29, 1.82) is 0 Å². The number of nitrogens with zero attached hydrogens (tertiary/aromatic N) is 1. The molecule has 1 aliphatic carbocycles. The summed E-state index contributed by atoms with van der Waals surface area (Å²) in [6.45, 7) is 5.27. The van der Waals surface area contributed by atoms with E-state index in [4.69, 9.17) is 18.9 Å². The lowest BCUT2D eigenvalue weighted by Crippen LogP contribution is -2.47. The van der Waals surface area contributed by atoms with Crippen molar-refractivity contribution < 1.29 is 28.8 Å². The SMILES string of the molecule is CCOC(=O)C1=C/C(=C\CN2C=CNC2)c2c(cc3c(c2OC)C[C@@H]([C@@](C)(O)C2CCCC2)O3)O1. The van der Waals surface area contributed by atoms with Crippen LogP contribution < -0.4 is 19.5 Å². The maximum atomic E-state index is 12.6. The molecule has 1 saturated carbocycles. The van der Waals surface area contributed by atoms with E-state index in [-0.39, 0.29) is 24.4 Å². The quantitative estimate of drug-likeness (QED) is 0.571. The lowest BCUT2D eigenvalue weighted by Gasteiger charge is -2.35. The van der Waals surface area contributed by atoms with Gasteiger partial charge in [0.15, 0.2) is 0 Å². The van der Waals surface area contributed by atoms with Gasteiger partial charge in [0, 0.05) is 37.0 Å². The summed E-state index contributed by atoms with van der Waals surface area (Å²) in [6.07, 6.45) is 12.1. The zero-order chi connectivity index (χ0) is 24.6. The van der Waals surface area contributed by atoms with Crippen LogP contribution in [0.3, 0.4) is 0 Å². The van der Waals surface area contributed by atoms with Crippen molar-refractivity contribution in [1.82, 2.24) is 10.2 Å². The van der Waals surface area contributed by atoms with Gasteiger partial charge in [-0.15, -0.1) is 0 Å². The van der Waals surface area contributed by atoms with E-state index in [1.807, 2.05) is 25.4 Å². The predicted molar refractivity (Wildman–Crippen MR) is 131 cm³/mol. The number of methoxy groups -OCH3 is 1. The number of aliphatic hydroxyl groups is 1. The van der Waals surface area contributed by atoms with Crippen LogP contribution in [-0.4, -0.2) is 54.6 Å². The molecule has 0 radical (unpaired) electrons. The molecule has 3 aliphatic heterocycles. The molecule has 188 valence electrons. The number of fused-ring (bicyclic) bond motifs is 2. The van der Waals surface area contributed by atoms with Gasteiger partial charge in [0.2, 0.25) is 5.76 Å². The Bertz CT molecular complexity index is 1080. The van der Waals surface area contributed by atoms with Gasteiger partial charge in [-0.3, -0.25) is 0 Å². The number of nitrogens with one attached hydrogen (secondary N) is 1. The number of esters is 1. The van der Waals surface area contributed by atoms with Crippen molar-refractivity contribution in [2.45, 2.75) is 57.7 Å². The molecular formula is C27H34N2O6. The van der Waals surface area contributed by atoms with Crippen LogP contribution in [0.15, 0.2) is 36.4 Å². The summed E-state index contributed by atoms with van der Waals surface area (Å²) in [5.74, 6) is 1.58. The van der Waals surface area contributed by atoms with Gasteiger partial charge in [-0.2, -0.15) is 0 Å². The fourth-order valence-electron chi connectivity index (χ4n) is 5.56. The first-order valence-electron chi connectivity index (χ1n) is 12.5. The molecule has 8 nitrogen and oxygen atoms in total. The number of hydrogen-bond acceptors (Lipinski definition) is 8. The fourth-order valence-corrected chi connectivity index (χ4v) is 5.56. The molecule has 0 amide bonds. The molecule has 0 aromatic heterocycles. The number of allylic oxidation sites excluding steroid dienone is 2. The van der Waals surface area contributed by atoms with Crippen LogP contribution in [0.2, 0.25) is 0 Å². The third kappa shape index (κ3) is 4.35. The third-order valence-electron chi connectivity index (χ3n) is 7.52. The summed E-state index contributed by atoms with van der Waals surface area (Å²) in [7, 11) is 1.63. The molecule has 4 aliphatic rings. The van der Waals surface area contributed by atoms with Crippen LogP contribution in [0, 0.1) is 5.92 Å². The van der Waals surface area contributed by atoms with Crippen LogP contribution in [0.25, 0.3) is 5.57 Å². The second-order valence-electron chi connectivity index (χ2n) is 9.72. The molecule has 2 N–H and O–H groups in total. The van der Waals surface area contributed by atoms with Crippen molar-refractivity contribution in [2.24, 2.45) is 5.92 Å².